The molecule has 0 radical (unpaired) electrons. The van der Waals surface area contributed by atoms with E-state index in [4.69, 9.17) is 4.74 Å². The molecule has 0 saturated heterocycles. The summed E-state index contributed by atoms with van der Waals surface area (Å²) in [4.78, 5) is 12.7. The second kappa shape index (κ2) is 7.61. The number of thioether (sulfide) groups is 1. The molecule has 0 bridgehead atoms. The van der Waals surface area contributed by atoms with Gasteiger partial charge in [-0.3, -0.25) is 9.48 Å². The Hall–Kier alpha value is -1.86. The van der Waals surface area contributed by atoms with Gasteiger partial charge in [0.1, 0.15) is 5.82 Å². The first kappa shape index (κ1) is 16.0. The van der Waals surface area contributed by atoms with E-state index in [-0.39, 0.29) is 11.7 Å². The molecule has 2 aromatic rings. The monoisotopic (exact) mass is 335 g/mol. The van der Waals surface area contributed by atoms with Gasteiger partial charge in [0, 0.05) is 29.1 Å². The summed E-state index contributed by atoms with van der Waals surface area (Å²) in [6.07, 6.45) is 2.70. The molecule has 3 rings (SSSR count). The van der Waals surface area contributed by atoms with Crippen molar-refractivity contribution in [2.24, 2.45) is 0 Å². The number of amides is 1. The van der Waals surface area contributed by atoms with Crippen LogP contribution in [-0.2, 0) is 29.1 Å². The molecule has 7 heteroatoms. The molecule has 0 saturated carbocycles. The van der Waals surface area contributed by atoms with Gasteiger partial charge in [0.05, 0.1) is 31.7 Å². The van der Waals surface area contributed by atoms with Crippen LogP contribution >= 0.6 is 11.8 Å². The van der Waals surface area contributed by atoms with Crippen molar-refractivity contribution < 1.29 is 13.9 Å². The number of benzene rings is 1. The minimum Gasteiger partial charge on any atom is -0.376 e. The van der Waals surface area contributed by atoms with E-state index in [9.17, 15) is 9.18 Å². The van der Waals surface area contributed by atoms with E-state index in [1.165, 1.54) is 29.6 Å². The van der Waals surface area contributed by atoms with Gasteiger partial charge in [-0.1, -0.05) is 0 Å². The van der Waals surface area contributed by atoms with Gasteiger partial charge in [0.15, 0.2) is 0 Å². The predicted octanol–water partition coefficient (Wildman–Crippen LogP) is 2.00. The molecule has 0 unspecified atom stereocenters. The molecule has 0 atom stereocenters. The maximum absolute atomic E-state index is 12.8. The fourth-order valence-electron chi connectivity index (χ4n) is 2.44. The number of halogens is 1. The van der Waals surface area contributed by atoms with Crippen LogP contribution in [0, 0.1) is 5.82 Å². The number of aromatic nitrogens is 2. The van der Waals surface area contributed by atoms with E-state index in [0.717, 1.165) is 23.5 Å². The predicted molar refractivity (Wildman–Crippen MR) is 85.7 cm³/mol. The Morgan fingerprint density at radius 2 is 2.22 bits per heavy atom. The summed E-state index contributed by atoms with van der Waals surface area (Å²) in [7, 11) is 0. The van der Waals surface area contributed by atoms with E-state index in [1.807, 2.05) is 10.9 Å². The second-order valence-corrected chi connectivity index (χ2v) is 6.28. The van der Waals surface area contributed by atoms with Gasteiger partial charge in [0.25, 0.3) is 0 Å². The molecule has 1 aliphatic rings. The minimum absolute atomic E-state index is 0.0383. The lowest BCUT2D eigenvalue weighted by molar-refractivity contribution is -0.118. The zero-order valence-electron chi connectivity index (χ0n) is 12.6. The number of carbonyl (C=O) groups excluding carboxylic acids is 1. The second-order valence-electron chi connectivity index (χ2n) is 5.23. The highest BCUT2D eigenvalue weighted by atomic mass is 32.2. The third-order valence-corrected chi connectivity index (χ3v) is 4.62. The number of hydrogen-bond acceptors (Lipinski definition) is 4. The Morgan fingerprint density at radius 3 is 3.04 bits per heavy atom. The summed E-state index contributed by atoms with van der Waals surface area (Å²) in [5, 5.41) is 7.22. The topological polar surface area (TPSA) is 56.2 Å². The molecule has 1 aliphatic heterocycles. The molecule has 1 amide bonds. The van der Waals surface area contributed by atoms with Crippen LogP contribution < -0.4 is 5.32 Å². The fourth-order valence-corrected chi connectivity index (χ4v) is 3.16. The maximum atomic E-state index is 12.8. The van der Waals surface area contributed by atoms with Crippen molar-refractivity contribution in [3.05, 3.63) is 47.5 Å². The van der Waals surface area contributed by atoms with Crippen LogP contribution in [-0.4, -0.2) is 34.6 Å². The maximum Gasteiger partial charge on any atom is 0.230 e. The molecule has 1 aromatic carbocycles. The molecule has 0 spiro atoms. The molecule has 1 aromatic heterocycles. The summed E-state index contributed by atoms with van der Waals surface area (Å²) >= 11 is 1.39. The normalized spacial score (nSPS) is 13.6. The van der Waals surface area contributed by atoms with Crippen LogP contribution in [0.1, 0.15) is 11.3 Å². The lowest BCUT2D eigenvalue weighted by Gasteiger charge is -2.14. The molecule has 0 fully saturated rings. The standard InChI is InChI=1S/C16H18FN3O2S/c17-13-1-3-14(4-2-13)23-11-16(21)18-6-7-20-15-5-8-22-10-12(15)9-19-20/h1-4,9H,5-8,10-11H2,(H,18,21). The molecule has 1 N–H and O–H groups in total. The van der Waals surface area contributed by atoms with Crippen LogP contribution in [0.2, 0.25) is 0 Å². The van der Waals surface area contributed by atoms with Crippen molar-refractivity contribution in [3.63, 3.8) is 0 Å². The molecule has 23 heavy (non-hydrogen) atoms. The summed E-state index contributed by atoms with van der Waals surface area (Å²) in [5.41, 5.74) is 2.33. The molecule has 2 heterocycles. The van der Waals surface area contributed by atoms with Crippen LogP contribution in [0.15, 0.2) is 35.4 Å². The SMILES string of the molecule is O=C(CSc1ccc(F)cc1)NCCn1ncc2c1CCOC2. The van der Waals surface area contributed by atoms with Crippen LogP contribution in [0.5, 0.6) is 0 Å². The van der Waals surface area contributed by atoms with Gasteiger partial charge >= 0.3 is 0 Å². The van der Waals surface area contributed by atoms with Crippen LogP contribution in [0.4, 0.5) is 4.39 Å². The van der Waals surface area contributed by atoms with Crippen molar-refractivity contribution in [3.8, 4) is 0 Å². The number of rotatable bonds is 6. The third-order valence-electron chi connectivity index (χ3n) is 3.61. The zero-order chi connectivity index (χ0) is 16.1. The Balaban J connectivity index is 1.41. The Bertz CT molecular complexity index is 672. The van der Waals surface area contributed by atoms with Gasteiger partial charge in [-0.15, -0.1) is 11.8 Å². The average molecular weight is 335 g/mol. The smallest absolute Gasteiger partial charge is 0.230 e. The number of fused-ring (bicyclic) bond motifs is 1. The van der Waals surface area contributed by atoms with E-state index in [1.54, 1.807) is 12.1 Å². The summed E-state index contributed by atoms with van der Waals surface area (Å²) in [6.45, 7) is 2.54. The lowest BCUT2D eigenvalue weighted by Crippen LogP contribution is -2.29. The first-order valence-corrected chi connectivity index (χ1v) is 8.47. The Labute approximate surface area is 138 Å². The minimum atomic E-state index is -0.272. The van der Waals surface area contributed by atoms with E-state index in [0.29, 0.717) is 25.4 Å². The highest BCUT2D eigenvalue weighted by Crippen LogP contribution is 2.18. The van der Waals surface area contributed by atoms with Gasteiger partial charge in [0.2, 0.25) is 5.91 Å². The number of hydrogen-bond donors (Lipinski definition) is 1. The first-order valence-electron chi connectivity index (χ1n) is 7.49. The van der Waals surface area contributed by atoms with Gasteiger partial charge in [-0.05, 0) is 24.3 Å². The Morgan fingerprint density at radius 1 is 1.39 bits per heavy atom. The number of nitrogens with one attached hydrogen (secondary N) is 1. The van der Waals surface area contributed by atoms with E-state index < -0.39 is 0 Å². The summed E-state index contributed by atoms with van der Waals surface area (Å²) in [6, 6.07) is 6.13. The zero-order valence-corrected chi connectivity index (χ0v) is 13.4. The number of carbonyl (C=O) groups is 1. The van der Waals surface area contributed by atoms with Gasteiger partial charge in [-0.2, -0.15) is 5.10 Å². The van der Waals surface area contributed by atoms with Crippen LogP contribution in [0.3, 0.4) is 0 Å². The van der Waals surface area contributed by atoms with Crippen molar-refractivity contribution in [1.29, 1.82) is 0 Å². The lowest BCUT2D eigenvalue weighted by atomic mass is 10.2. The number of ether oxygens (including phenoxy) is 1. The van der Waals surface area contributed by atoms with Crippen molar-refractivity contribution in [1.82, 2.24) is 15.1 Å². The molecular weight excluding hydrogens is 317 g/mol. The highest BCUT2D eigenvalue weighted by molar-refractivity contribution is 8.00. The molecule has 0 aliphatic carbocycles. The summed E-state index contributed by atoms with van der Waals surface area (Å²) in [5.74, 6) is 0.00638. The van der Waals surface area contributed by atoms with Crippen LogP contribution in [0.25, 0.3) is 0 Å². The summed E-state index contributed by atoms with van der Waals surface area (Å²) < 4.78 is 20.1. The molecule has 5 nitrogen and oxygen atoms in total. The molecular formula is C16H18FN3O2S. The Kier molecular flexibility index (Phi) is 5.30. The first-order chi connectivity index (χ1) is 11.2. The molecule has 122 valence electrons. The quantitative estimate of drug-likeness (QED) is 0.821. The van der Waals surface area contributed by atoms with Crippen molar-refractivity contribution in [2.45, 2.75) is 24.5 Å². The van der Waals surface area contributed by atoms with Crippen molar-refractivity contribution in [2.75, 3.05) is 18.9 Å². The highest BCUT2D eigenvalue weighted by Gasteiger charge is 2.15. The number of nitrogens with zero attached hydrogens (tertiary/aromatic N) is 2. The fraction of sp³-hybridized carbons (Fsp3) is 0.375. The van der Waals surface area contributed by atoms with Gasteiger partial charge in [-0.25, -0.2) is 4.39 Å². The average Bonchev–Trinajstić information content (AvgIpc) is 2.98. The largest absolute Gasteiger partial charge is 0.376 e. The van der Waals surface area contributed by atoms with E-state index in [2.05, 4.69) is 10.4 Å². The van der Waals surface area contributed by atoms with E-state index >= 15 is 0 Å². The third kappa shape index (κ3) is 4.33. The van der Waals surface area contributed by atoms with Gasteiger partial charge < -0.3 is 10.1 Å². The van der Waals surface area contributed by atoms with Crippen molar-refractivity contribution >= 4 is 17.7 Å².